The van der Waals surface area contributed by atoms with Gasteiger partial charge in [0.25, 0.3) is 10.0 Å². The zero-order valence-corrected chi connectivity index (χ0v) is 13.5. The highest BCUT2D eigenvalue weighted by Gasteiger charge is 2.44. The van der Waals surface area contributed by atoms with Crippen LogP contribution in [-0.2, 0) is 17.1 Å². The molecule has 1 aliphatic heterocycles. The zero-order chi connectivity index (χ0) is 15.2. The van der Waals surface area contributed by atoms with Crippen molar-refractivity contribution in [3.05, 3.63) is 6.33 Å². The molecule has 2 aliphatic rings. The number of sulfonamides is 1. The molecule has 2 N–H and O–H groups in total. The van der Waals surface area contributed by atoms with Crippen LogP contribution < -0.4 is 5.73 Å². The minimum Gasteiger partial charge on any atom is -0.381 e. The number of nitrogens with two attached hydrogens (primary N) is 1. The molecule has 0 bridgehead atoms. The van der Waals surface area contributed by atoms with Gasteiger partial charge < -0.3 is 10.3 Å². The number of rotatable bonds is 2. The molecule has 21 heavy (non-hydrogen) atoms. The van der Waals surface area contributed by atoms with Crippen LogP contribution in [0.5, 0.6) is 0 Å². The van der Waals surface area contributed by atoms with E-state index < -0.39 is 10.0 Å². The van der Waals surface area contributed by atoms with Gasteiger partial charge in [0.05, 0.1) is 6.33 Å². The number of hydrogen-bond acceptors (Lipinski definition) is 4. The Morgan fingerprint density at radius 1 is 1.29 bits per heavy atom. The Morgan fingerprint density at radius 3 is 2.67 bits per heavy atom. The maximum atomic E-state index is 13.0. The molecule has 1 saturated heterocycles. The van der Waals surface area contributed by atoms with Gasteiger partial charge in [-0.15, -0.1) is 0 Å². The van der Waals surface area contributed by atoms with Crippen molar-refractivity contribution in [2.45, 2.75) is 50.1 Å². The van der Waals surface area contributed by atoms with Crippen LogP contribution in [0.2, 0.25) is 0 Å². The predicted octanol–water partition coefficient (Wildman–Crippen LogP) is 1.59. The van der Waals surface area contributed by atoms with Crippen molar-refractivity contribution in [2.75, 3.05) is 12.3 Å². The summed E-state index contributed by atoms with van der Waals surface area (Å²) < 4.78 is 29.3. The standard InChI is InChI=1S/C14H24N4O2S/c1-10-7-8-18(12-6-4-3-5-11(10)12)21(19,20)14-13(15)16-9-17(14)2/h9-12H,3-8,15H2,1-2H3. The zero-order valence-electron chi connectivity index (χ0n) is 12.7. The molecule has 2 heterocycles. The molecule has 0 aromatic carbocycles. The van der Waals surface area contributed by atoms with Crippen molar-refractivity contribution in [3.63, 3.8) is 0 Å². The van der Waals surface area contributed by atoms with Gasteiger partial charge in [-0.05, 0) is 31.1 Å². The average Bonchev–Trinajstić information content (AvgIpc) is 2.79. The largest absolute Gasteiger partial charge is 0.381 e. The van der Waals surface area contributed by atoms with E-state index in [1.807, 2.05) is 0 Å². The highest BCUT2D eigenvalue weighted by Crippen LogP contribution is 2.41. The molecule has 1 aliphatic carbocycles. The van der Waals surface area contributed by atoms with Crippen LogP contribution in [-0.4, -0.2) is 34.9 Å². The van der Waals surface area contributed by atoms with Crippen LogP contribution in [0.3, 0.4) is 0 Å². The molecule has 3 rings (SSSR count). The van der Waals surface area contributed by atoms with Gasteiger partial charge in [0.2, 0.25) is 0 Å². The summed E-state index contributed by atoms with van der Waals surface area (Å²) >= 11 is 0. The van der Waals surface area contributed by atoms with Crippen LogP contribution in [0.15, 0.2) is 11.4 Å². The van der Waals surface area contributed by atoms with Crippen molar-refractivity contribution in [2.24, 2.45) is 18.9 Å². The fraction of sp³-hybridized carbons (Fsp3) is 0.786. The Bertz CT molecular complexity index is 605. The molecule has 0 radical (unpaired) electrons. The van der Waals surface area contributed by atoms with Crippen LogP contribution in [0.25, 0.3) is 0 Å². The third kappa shape index (κ3) is 2.36. The Balaban J connectivity index is 1.98. The second-order valence-electron chi connectivity index (χ2n) is 6.44. The number of aryl methyl sites for hydroxylation is 1. The fourth-order valence-electron chi connectivity index (χ4n) is 4.03. The van der Waals surface area contributed by atoms with E-state index in [0.29, 0.717) is 18.4 Å². The van der Waals surface area contributed by atoms with Gasteiger partial charge in [0.15, 0.2) is 10.8 Å². The number of hydrogen-bond donors (Lipinski definition) is 1. The highest BCUT2D eigenvalue weighted by atomic mass is 32.2. The first-order chi connectivity index (χ1) is 9.93. The van der Waals surface area contributed by atoms with Crippen molar-refractivity contribution in [1.82, 2.24) is 13.9 Å². The lowest BCUT2D eigenvalue weighted by Gasteiger charge is -2.46. The van der Waals surface area contributed by atoms with E-state index >= 15 is 0 Å². The fourth-order valence-corrected chi connectivity index (χ4v) is 5.95. The molecular formula is C14H24N4O2S. The van der Waals surface area contributed by atoms with Gasteiger partial charge in [-0.2, -0.15) is 4.31 Å². The second kappa shape index (κ2) is 5.28. The summed E-state index contributed by atoms with van der Waals surface area (Å²) in [5.41, 5.74) is 5.79. The number of nitrogens with zero attached hydrogens (tertiary/aromatic N) is 3. The van der Waals surface area contributed by atoms with Gasteiger partial charge in [-0.25, -0.2) is 13.4 Å². The molecule has 118 valence electrons. The molecule has 1 saturated carbocycles. The lowest BCUT2D eigenvalue weighted by molar-refractivity contribution is 0.0824. The number of nitrogen functional groups attached to an aromatic ring is 1. The summed E-state index contributed by atoms with van der Waals surface area (Å²) in [6, 6.07) is 0.127. The van der Waals surface area contributed by atoms with E-state index in [1.54, 1.807) is 11.4 Å². The molecule has 1 aromatic rings. The third-order valence-electron chi connectivity index (χ3n) is 5.15. The van der Waals surface area contributed by atoms with Gasteiger partial charge in [-0.1, -0.05) is 19.8 Å². The normalized spacial score (nSPS) is 31.0. The molecule has 1 aromatic heterocycles. The minimum absolute atomic E-state index is 0.100. The van der Waals surface area contributed by atoms with E-state index in [1.165, 1.54) is 17.3 Å². The number of aromatic nitrogens is 2. The smallest absolute Gasteiger partial charge is 0.262 e. The first-order valence-electron chi connectivity index (χ1n) is 7.71. The molecule has 0 amide bonds. The first kappa shape index (κ1) is 14.8. The van der Waals surface area contributed by atoms with Crippen molar-refractivity contribution in [3.8, 4) is 0 Å². The molecule has 3 unspecified atom stereocenters. The molecule has 0 spiro atoms. The number of imidazole rings is 1. The summed E-state index contributed by atoms with van der Waals surface area (Å²) in [6.45, 7) is 2.85. The molecule has 7 heteroatoms. The molecule has 2 fully saturated rings. The second-order valence-corrected chi connectivity index (χ2v) is 8.25. The summed E-state index contributed by atoms with van der Waals surface area (Å²) in [5, 5.41) is 0.140. The Kier molecular flexibility index (Phi) is 3.73. The number of fused-ring (bicyclic) bond motifs is 1. The average molecular weight is 312 g/mol. The first-order valence-corrected chi connectivity index (χ1v) is 9.15. The highest BCUT2D eigenvalue weighted by molar-refractivity contribution is 7.89. The van der Waals surface area contributed by atoms with Gasteiger partial charge in [0.1, 0.15) is 0 Å². The lowest BCUT2D eigenvalue weighted by atomic mass is 9.74. The van der Waals surface area contributed by atoms with Crippen LogP contribution in [0.1, 0.15) is 39.0 Å². The SMILES string of the molecule is CC1CCN(S(=O)(=O)c2c(N)ncn2C)C2CCCCC12. The quantitative estimate of drug-likeness (QED) is 0.899. The van der Waals surface area contributed by atoms with E-state index in [2.05, 4.69) is 11.9 Å². The Hall–Kier alpha value is -1.08. The van der Waals surface area contributed by atoms with E-state index in [9.17, 15) is 8.42 Å². The van der Waals surface area contributed by atoms with Gasteiger partial charge >= 0.3 is 0 Å². The topological polar surface area (TPSA) is 81.2 Å². The molecular weight excluding hydrogens is 288 g/mol. The molecule has 3 atom stereocenters. The summed E-state index contributed by atoms with van der Waals surface area (Å²) in [6.07, 6.45) is 6.82. The van der Waals surface area contributed by atoms with E-state index in [-0.39, 0.29) is 16.9 Å². The van der Waals surface area contributed by atoms with E-state index in [0.717, 1.165) is 25.7 Å². The predicted molar refractivity (Wildman–Crippen MR) is 81.0 cm³/mol. The number of anilines is 1. The third-order valence-corrected chi connectivity index (χ3v) is 7.21. The number of piperidine rings is 1. The Labute approximate surface area is 126 Å². The Morgan fingerprint density at radius 2 is 2.00 bits per heavy atom. The molecule has 6 nitrogen and oxygen atoms in total. The summed E-state index contributed by atoms with van der Waals surface area (Å²) in [5.74, 6) is 1.19. The van der Waals surface area contributed by atoms with Gasteiger partial charge in [-0.3, -0.25) is 0 Å². The van der Waals surface area contributed by atoms with Crippen LogP contribution in [0.4, 0.5) is 5.82 Å². The van der Waals surface area contributed by atoms with Crippen molar-refractivity contribution in [1.29, 1.82) is 0 Å². The monoisotopic (exact) mass is 312 g/mol. The van der Waals surface area contributed by atoms with Crippen LogP contribution >= 0.6 is 0 Å². The summed E-state index contributed by atoms with van der Waals surface area (Å²) in [4.78, 5) is 3.93. The maximum Gasteiger partial charge on any atom is 0.262 e. The maximum absolute atomic E-state index is 13.0. The van der Waals surface area contributed by atoms with E-state index in [4.69, 9.17) is 5.73 Å². The lowest BCUT2D eigenvalue weighted by Crippen LogP contribution is -2.52. The van der Waals surface area contributed by atoms with Gasteiger partial charge in [0, 0.05) is 19.6 Å². The summed E-state index contributed by atoms with van der Waals surface area (Å²) in [7, 11) is -1.88. The van der Waals surface area contributed by atoms with Crippen molar-refractivity contribution >= 4 is 15.8 Å². The van der Waals surface area contributed by atoms with Crippen LogP contribution in [0, 0.1) is 11.8 Å². The minimum atomic E-state index is -3.57. The van der Waals surface area contributed by atoms with Crippen molar-refractivity contribution < 1.29 is 8.42 Å².